The minimum absolute atomic E-state index is 0.227. The standard InChI is InChI=1S/C5H11ClN2O/c6-8-2-1-7(5-8)3-4-9/h9H,1-5H2. The summed E-state index contributed by atoms with van der Waals surface area (Å²) in [4.78, 5) is 2.10. The van der Waals surface area contributed by atoms with Gasteiger partial charge in [-0.15, -0.1) is 0 Å². The van der Waals surface area contributed by atoms with Crippen LogP contribution in [0.2, 0.25) is 0 Å². The molecule has 0 aromatic rings. The van der Waals surface area contributed by atoms with E-state index >= 15 is 0 Å². The SMILES string of the molecule is OCCN1CCN(Cl)C1. The first-order valence-corrected chi connectivity index (χ1v) is 3.40. The molecule has 0 bridgehead atoms. The van der Waals surface area contributed by atoms with E-state index in [1.54, 1.807) is 4.42 Å². The summed E-state index contributed by atoms with van der Waals surface area (Å²) < 4.78 is 1.72. The second kappa shape index (κ2) is 3.37. The van der Waals surface area contributed by atoms with Gasteiger partial charge in [-0.2, -0.15) is 0 Å². The van der Waals surface area contributed by atoms with Gasteiger partial charge in [0, 0.05) is 19.6 Å². The molecule has 4 heteroatoms. The highest BCUT2D eigenvalue weighted by Gasteiger charge is 2.16. The smallest absolute Gasteiger partial charge is 0.0655 e. The van der Waals surface area contributed by atoms with Crippen molar-refractivity contribution in [1.29, 1.82) is 0 Å². The zero-order chi connectivity index (χ0) is 6.69. The average Bonchev–Trinajstić information content (AvgIpc) is 2.17. The molecule has 1 saturated heterocycles. The van der Waals surface area contributed by atoms with Crippen molar-refractivity contribution in [3.63, 3.8) is 0 Å². The van der Waals surface area contributed by atoms with Crippen LogP contribution in [0.3, 0.4) is 0 Å². The lowest BCUT2D eigenvalue weighted by Crippen LogP contribution is -2.24. The van der Waals surface area contributed by atoms with Crippen molar-refractivity contribution in [2.75, 3.05) is 32.9 Å². The average molecular weight is 151 g/mol. The van der Waals surface area contributed by atoms with Crippen LogP contribution in [-0.2, 0) is 0 Å². The lowest BCUT2D eigenvalue weighted by atomic mass is 10.5. The predicted octanol–water partition coefficient (Wildman–Crippen LogP) is -0.292. The van der Waals surface area contributed by atoms with Crippen molar-refractivity contribution < 1.29 is 5.11 Å². The van der Waals surface area contributed by atoms with E-state index in [0.29, 0.717) is 0 Å². The Labute approximate surface area is 59.9 Å². The number of aliphatic hydroxyl groups is 1. The molecule has 0 aromatic carbocycles. The molecule has 0 saturated carbocycles. The fourth-order valence-electron chi connectivity index (χ4n) is 0.932. The maximum absolute atomic E-state index is 8.51. The molecule has 1 fully saturated rings. The summed E-state index contributed by atoms with van der Waals surface area (Å²) >= 11 is 5.65. The van der Waals surface area contributed by atoms with Crippen LogP contribution in [0.25, 0.3) is 0 Å². The van der Waals surface area contributed by atoms with Crippen LogP contribution in [0.4, 0.5) is 0 Å². The van der Waals surface area contributed by atoms with Gasteiger partial charge in [0.2, 0.25) is 0 Å². The first-order chi connectivity index (χ1) is 4.33. The Bertz CT molecular complexity index is 89.0. The van der Waals surface area contributed by atoms with Gasteiger partial charge in [0.15, 0.2) is 0 Å². The topological polar surface area (TPSA) is 26.7 Å². The van der Waals surface area contributed by atoms with E-state index in [4.69, 9.17) is 16.9 Å². The Morgan fingerprint density at radius 1 is 1.44 bits per heavy atom. The quantitative estimate of drug-likeness (QED) is 0.548. The molecule has 1 N–H and O–H groups in total. The van der Waals surface area contributed by atoms with Crippen LogP contribution in [0, 0.1) is 0 Å². The molecule has 1 aliphatic rings. The molecule has 0 aromatic heterocycles. The van der Waals surface area contributed by atoms with Crippen molar-refractivity contribution in [3.8, 4) is 0 Å². The maximum Gasteiger partial charge on any atom is 0.0655 e. The number of rotatable bonds is 2. The monoisotopic (exact) mass is 150 g/mol. The fourth-order valence-corrected chi connectivity index (χ4v) is 1.16. The summed E-state index contributed by atoms with van der Waals surface area (Å²) in [5, 5.41) is 8.51. The fraction of sp³-hybridized carbons (Fsp3) is 1.00. The van der Waals surface area contributed by atoms with Crippen molar-refractivity contribution in [2.45, 2.75) is 0 Å². The van der Waals surface area contributed by atoms with Gasteiger partial charge in [0.05, 0.1) is 13.3 Å². The molecule has 0 aliphatic carbocycles. The largest absolute Gasteiger partial charge is 0.395 e. The Balaban J connectivity index is 2.14. The zero-order valence-corrected chi connectivity index (χ0v) is 6.01. The van der Waals surface area contributed by atoms with Gasteiger partial charge in [0.1, 0.15) is 0 Å². The molecule has 1 heterocycles. The number of halogens is 1. The molecule has 0 atom stereocenters. The van der Waals surface area contributed by atoms with E-state index in [-0.39, 0.29) is 6.61 Å². The van der Waals surface area contributed by atoms with Crippen molar-refractivity contribution >= 4 is 11.8 Å². The van der Waals surface area contributed by atoms with Crippen LogP contribution in [0.5, 0.6) is 0 Å². The third-order valence-corrected chi connectivity index (χ3v) is 1.70. The Hall–Kier alpha value is 0.170. The molecule has 0 spiro atoms. The lowest BCUT2D eigenvalue weighted by Gasteiger charge is -2.11. The summed E-state index contributed by atoms with van der Waals surface area (Å²) in [6.45, 7) is 3.63. The molecular weight excluding hydrogens is 140 g/mol. The van der Waals surface area contributed by atoms with Gasteiger partial charge in [0.25, 0.3) is 0 Å². The predicted molar refractivity (Wildman–Crippen MR) is 36.1 cm³/mol. The molecule has 0 unspecified atom stereocenters. The van der Waals surface area contributed by atoms with Crippen molar-refractivity contribution in [2.24, 2.45) is 0 Å². The third-order valence-electron chi connectivity index (χ3n) is 1.43. The highest BCUT2D eigenvalue weighted by Crippen LogP contribution is 2.05. The van der Waals surface area contributed by atoms with Gasteiger partial charge in [-0.3, -0.25) is 4.90 Å². The van der Waals surface area contributed by atoms with Crippen molar-refractivity contribution in [1.82, 2.24) is 9.32 Å². The number of hydrogen-bond acceptors (Lipinski definition) is 3. The van der Waals surface area contributed by atoms with Crippen LogP contribution >= 0.6 is 11.8 Å². The summed E-state index contributed by atoms with van der Waals surface area (Å²) in [6, 6.07) is 0. The molecule has 0 radical (unpaired) electrons. The Kier molecular flexibility index (Phi) is 2.72. The highest BCUT2D eigenvalue weighted by molar-refractivity contribution is 6.13. The molecule has 3 nitrogen and oxygen atoms in total. The summed E-state index contributed by atoms with van der Waals surface area (Å²) in [7, 11) is 0. The highest BCUT2D eigenvalue weighted by atomic mass is 35.5. The van der Waals surface area contributed by atoms with Crippen LogP contribution in [0.1, 0.15) is 0 Å². The van der Waals surface area contributed by atoms with E-state index in [0.717, 1.165) is 26.3 Å². The van der Waals surface area contributed by atoms with Crippen LogP contribution in [0.15, 0.2) is 0 Å². The van der Waals surface area contributed by atoms with Gasteiger partial charge in [-0.05, 0) is 11.8 Å². The molecular formula is C5H11ClN2O. The normalized spacial score (nSPS) is 23.3. The Morgan fingerprint density at radius 3 is 2.67 bits per heavy atom. The van der Waals surface area contributed by atoms with E-state index in [1.807, 2.05) is 0 Å². The number of β-amino-alcohol motifs (C(OH)–C–C–N with tert-alkyl or cyclic N) is 1. The molecule has 1 aliphatic heterocycles. The second-order valence-electron chi connectivity index (χ2n) is 2.17. The number of aliphatic hydroxyl groups excluding tert-OH is 1. The molecule has 1 rings (SSSR count). The van der Waals surface area contributed by atoms with E-state index in [2.05, 4.69) is 4.90 Å². The Morgan fingerprint density at radius 2 is 2.22 bits per heavy atom. The van der Waals surface area contributed by atoms with E-state index < -0.39 is 0 Å². The van der Waals surface area contributed by atoms with Gasteiger partial charge < -0.3 is 5.11 Å². The minimum atomic E-state index is 0.227. The lowest BCUT2D eigenvalue weighted by molar-refractivity contribution is 0.212. The summed E-state index contributed by atoms with van der Waals surface area (Å²) in [5.41, 5.74) is 0. The maximum atomic E-state index is 8.51. The first-order valence-electron chi connectivity index (χ1n) is 3.07. The summed E-state index contributed by atoms with van der Waals surface area (Å²) in [6.07, 6.45) is 0. The first kappa shape index (κ1) is 7.28. The van der Waals surface area contributed by atoms with Gasteiger partial charge in [-0.1, -0.05) is 0 Å². The molecule has 9 heavy (non-hydrogen) atoms. The number of hydrogen-bond donors (Lipinski definition) is 1. The number of nitrogens with zero attached hydrogens (tertiary/aromatic N) is 2. The van der Waals surface area contributed by atoms with Crippen LogP contribution < -0.4 is 0 Å². The van der Waals surface area contributed by atoms with Gasteiger partial charge in [-0.25, -0.2) is 4.42 Å². The summed E-state index contributed by atoms with van der Waals surface area (Å²) in [5.74, 6) is 0. The minimum Gasteiger partial charge on any atom is -0.395 e. The third kappa shape index (κ3) is 2.10. The van der Waals surface area contributed by atoms with Crippen LogP contribution in [-0.4, -0.2) is 47.3 Å². The molecule has 0 amide bonds. The second-order valence-corrected chi connectivity index (χ2v) is 2.65. The molecule has 54 valence electrons. The van der Waals surface area contributed by atoms with Gasteiger partial charge >= 0.3 is 0 Å². The van der Waals surface area contributed by atoms with E-state index in [9.17, 15) is 0 Å². The van der Waals surface area contributed by atoms with Crippen molar-refractivity contribution in [3.05, 3.63) is 0 Å². The zero-order valence-electron chi connectivity index (χ0n) is 5.26. The van der Waals surface area contributed by atoms with E-state index in [1.165, 1.54) is 0 Å².